The van der Waals surface area contributed by atoms with Gasteiger partial charge < -0.3 is 11.1 Å². The number of sulfone groups is 1. The first-order chi connectivity index (χ1) is 10.3. The van der Waals surface area contributed by atoms with E-state index in [0.717, 1.165) is 25.8 Å². The number of nitrogens with two attached hydrogens (primary N) is 1. The highest BCUT2D eigenvalue weighted by molar-refractivity contribution is 7.90. The fourth-order valence-electron chi connectivity index (χ4n) is 2.77. The van der Waals surface area contributed by atoms with E-state index < -0.39 is 15.9 Å². The van der Waals surface area contributed by atoms with E-state index in [1.807, 2.05) is 0 Å². The van der Waals surface area contributed by atoms with E-state index >= 15 is 0 Å². The number of unbranched alkanes of at least 4 members (excludes halogenated alkanes) is 1. The summed E-state index contributed by atoms with van der Waals surface area (Å²) < 4.78 is 22.2. The van der Waals surface area contributed by atoms with E-state index in [4.69, 9.17) is 5.73 Å². The van der Waals surface area contributed by atoms with Crippen molar-refractivity contribution in [3.8, 4) is 0 Å². The molecule has 0 aliphatic carbocycles. The molecule has 0 radical (unpaired) electrons. The zero-order valence-corrected chi connectivity index (χ0v) is 14.7. The highest BCUT2D eigenvalue weighted by atomic mass is 32.2. The van der Waals surface area contributed by atoms with Crippen molar-refractivity contribution >= 4 is 15.7 Å². The molecular weight excluding hydrogens is 302 g/mol. The Morgan fingerprint density at radius 1 is 1.41 bits per heavy atom. The number of nitrogens with one attached hydrogen (secondary N) is 1. The van der Waals surface area contributed by atoms with E-state index in [1.165, 1.54) is 25.7 Å². The third-order valence-electron chi connectivity index (χ3n) is 4.20. The molecule has 2 unspecified atom stereocenters. The monoisotopic (exact) mass is 333 g/mol. The number of carbonyl (C=O) groups is 1. The number of likely N-dealkylation sites (tertiary alicyclic amines) is 1. The van der Waals surface area contributed by atoms with Crippen LogP contribution in [0.25, 0.3) is 0 Å². The van der Waals surface area contributed by atoms with Gasteiger partial charge >= 0.3 is 0 Å². The highest BCUT2D eigenvalue weighted by Gasteiger charge is 2.23. The molecule has 0 aromatic carbocycles. The fourth-order valence-corrected chi connectivity index (χ4v) is 3.45. The number of nitrogens with zero attached hydrogens (tertiary/aromatic N) is 1. The van der Waals surface area contributed by atoms with E-state index in [-0.39, 0.29) is 18.1 Å². The lowest BCUT2D eigenvalue weighted by Gasteiger charge is -2.36. The SMILES string of the molecule is CCCCN1CCCCC1CNC(=O)C(N)CCS(C)(=O)=O. The van der Waals surface area contributed by atoms with Gasteiger partial charge in [-0.2, -0.15) is 0 Å². The summed E-state index contributed by atoms with van der Waals surface area (Å²) in [5.74, 6) is -0.294. The molecule has 130 valence electrons. The number of amides is 1. The largest absolute Gasteiger partial charge is 0.353 e. The van der Waals surface area contributed by atoms with Gasteiger partial charge in [-0.25, -0.2) is 8.42 Å². The van der Waals surface area contributed by atoms with Crippen LogP contribution in [0.5, 0.6) is 0 Å². The molecular formula is C15H31N3O3S. The molecule has 0 aromatic heterocycles. The Bertz CT molecular complexity index is 439. The normalized spacial score (nSPS) is 21.5. The first kappa shape index (κ1) is 19.4. The third-order valence-corrected chi connectivity index (χ3v) is 5.17. The van der Waals surface area contributed by atoms with Crippen LogP contribution in [0.3, 0.4) is 0 Å². The minimum atomic E-state index is -3.08. The molecule has 22 heavy (non-hydrogen) atoms. The fraction of sp³-hybridized carbons (Fsp3) is 0.933. The molecule has 0 spiro atoms. The summed E-state index contributed by atoms with van der Waals surface area (Å²) in [4.78, 5) is 14.4. The Balaban J connectivity index is 2.37. The van der Waals surface area contributed by atoms with Crippen LogP contribution in [0, 0.1) is 0 Å². The van der Waals surface area contributed by atoms with Crippen molar-refractivity contribution in [1.82, 2.24) is 10.2 Å². The Kier molecular flexibility index (Phi) is 8.35. The van der Waals surface area contributed by atoms with Crippen molar-refractivity contribution in [2.45, 2.75) is 57.5 Å². The van der Waals surface area contributed by atoms with Gasteiger partial charge in [0, 0.05) is 18.8 Å². The van der Waals surface area contributed by atoms with Crippen molar-refractivity contribution in [2.24, 2.45) is 5.73 Å². The predicted octanol–water partition coefficient (Wildman–Crippen LogP) is 0.519. The topological polar surface area (TPSA) is 92.5 Å². The van der Waals surface area contributed by atoms with Gasteiger partial charge in [-0.3, -0.25) is 9.69 Å². The van der Waals surface area contributed by atoms with E-state index in [1.54, 1.807) is 0 Å². The standard InChI is InChI=1S/C15H31N3O3S/c1-3-4-9-18-10-6-5-7-13(18)12-17-15(19)14(16)8-11-22(2,20)21/h13-14H,3-12,16H2,1-2H3,(H,17,19). The van der Waals surface area contributed by atoms with Crippen LogP contribution in [0.2, 0.25) is 0 Å². The lowest BCUT2D eigenvalue weighted by Crippen LogP contribution is -2.50. The Hall–Kier alpha value is -0.660. The average Bonchev–Trinajstić information content (AvgIpc) is 2.48. The second-order valence-electron chi connectivity index (χ2n) is 6.31. The second kappa shape index (κ2) is 9.47. The summed E-state index contributed by atoms with van der Waals surface area (Å²) in [6.07, 6.45) is 7.21. The molecule has 1 aliphatic rings. The quantitative estimate of drug-likeness (QED) is 0.642. The number of piperidine rings is 1. The molecule has 1 fully saturated rings. The minimum absolute atomic E-state index is 0.0480. The van der Waals surface area contributed by atoms with Crippen LogP contribution in [-0.4, -0.2) is 63.0 Å². The van der Waals surface area contributed by atoms with Crippen molar-refractivity contribution in [1.29, 1.82) is 0 Å². The Morgan fingerprint density at radius 2 is 2.14 bits per heavy atom. The summed E-state index contributed by atoms with van der Waals surface area (Å²) in [5.41, 5.74) is 5.76. The third kappa shape index (κ3) is 7.56. The maximum atomic E-state index is 12.0. The molecule has 1 amide bonds. The van der Waals surface area contributed by atoms with E-state index in [2.05, 4.69) is 17.1 Å². The van der Waals surface area contributed by atoms with Crippen LogP contribution >= 0.6 is 0 Å². The zero-order chi connectivity index (χ0) is 16.6. The molecule has 0 saturated carbocycles. The second-order valence-corrected chi connectivity index (χ2v) is 8.57. The number of rotatable bonds is 9. The van der Waals surface area contributed by atoms with Gasteiger partial charge in [-0.05, 0) is 38.8 Å². The van der Waals surface area contributed by atoms with Crippen molar-refractivity contribution in [3.63, 3.8) is 0 Å². The van der Waals surface area contributed by atoms with E-state index in [9.17, 15) is 13.2 Å². The smallest absolute Gasteiger partial charge is 0.237 e. The summed E-state index contributed by atoms with van der Waals surface area (Å²) in [7, 11) is -3.08. The van der Waals surface area contributed by atoms with Gasteiger partial charge in [0.15, 0.2) is 0 Å². The Morgan fingerprint density at radius 3 is 2.77 bits per heavy atom. The molecule has 3 N–H and O–H groups in total. The number of hydrogen-bond acceptors (Lipinski definition) is 5. The molecule has 1 heterocycles. The van der Waals surface area contributed by atoms with Crippen LogP contribution in [0.4, 0.5) is 0 Å². The van der Waals surface area contributed by atoms with Gasteiger partial charge in [-0.15, -0.1) is 0 Å². The average molecular weight is 333 g/mol. The molecule has 1 rings (SSSR count). The van der Waals surface area contributed by atoms with Crippen molar-refractivity contribution in [2.75, 3.05) is 31.6 Å². The van der Waals surface area contributed by atoms with Crippen LogP contribution in [0.1, 0.15) is 45.4 Å². The first-order valence-corrected chi connectivity index (χ1v) is 10.3. The minimum Gasteiger partial charge on any atom is -0.353 e. The molecule has 0 bridgehead atoms. The zero-order valence-electron chi connectivity index (χ0n) is 13.9. The molecule has 7 heteroatoms. The summed E-state index contributed by atoms with van der Waals surface area (Å²) in [6.45, 7) is 4.97. The molecule has 1 saturated heterocycles. The summed E-state index contributed by atoms with van der Waals surface area (Å²) in [5, 5.41) is 2.89. The lowest BCUT2D eigenvalue weighted by molar-refractivity contribution is -0.122. The Labute approximate surface area is 134 Å². The van der Waals surface area contributed by atoms with Gasteiger partial charge in [0.05, 0.1) is 11.8 Å². The first-order valence-electron chi connectivity index (χ1n) is 8.28. The molecule has 1 aliphatic heterocycles. The number of hydrogen-bond donors (Lipinski definition) is 2. The molecule has 2 atom stereocenters. The van der Waals surface area contributed by atoms with Gasteiger partial charge in [0.2, 0.25) is 5.91 Å². The van der Waals surface area contributed by atoms with Gasteiger partial charge in [0.1, 0.15) is 9.84 Å². The van der Waals surface area contributed by atoms with Crippen molar-refractivity contribution in [3.05, 3.63) is 0 Å². The van der Waals surface area contributed by atoms with Crippen LogP contribution < -0.4 is 11.1 Å². The maximum Gasteiger partial charge on any atom is 0.237 e. The van der Waals surface area contributed by atoms with Crippen molar-refractivity contribution < 1.29 is 13.2 Å². The molecule has 0 aromatic rings. The van der Waals surface area contributed by atoms with Crippen LogP contribution in [0.15, 0.2) is 0 Å². The van der Waals surface area contributed by atoms with Gasteiger partial charge in [0.25, 0.3) is 0 Å². The summed E-state index contributed by atoms with van der Waals surface area (Å²) >= 11 is 0. The predicted molar refractivity (Wildman–Crippen MR) is 89.4 cm³/mol. The van der Waals surface area contributed by atoms with E-state index in [0.29, 0.717) is 12.6 Å². The van der Waals surface area contributed by atoms with Gasteiger partial charge in [-0.1, -0.05) is 19.8 Å². The number of carbonyl (C=O) groups excluding carboxylic acids is 1. The summed E-state index contributed by atoms with van der Waals surface area (Å²) in [6, 6.07) is -0.367. The molecule has 6 nitrogen and oxygen atoms in total. The lowest BCUT2D eigenvalue weighted by atomic mass is 10.0. The van der Waals surface area contributed by atoms with Crippen LogP contribution in [-0.2, 0) is 14.6 Å². The maximum absolute atomic E-state index is 12.0. The highest BCUT2D eigenvalue weighted by Crippen LogP contribution is 2.17.